The molecule has 1 N–H and O–H groups in total. The Morgan fingerprint density at radius 1 is 0.933 bits per heavy atom. The summed E-state index contributed by atoms with van der Waals surface area (Å²) in [6, 6.07) is 0. The van der Waals surface area contributed by atoms with Crippen molar-refractivity contribution < 1.29 is 4.39 Å². The van der Waals surface area contributed by atoms with E-state index in [2.05, 4.69) is 12.2 Å². The van der Waals surface area contributed by atoms with Gasteiger partial charge in [0, 0.05) is 0 Å². The van der Waals surface area contributed by atoms with Crippen LogP contribution in [0.5, 0.6) is 0 Å². The van der Waals surface area contributed by atoms with Crippen molar-refractivity contribution in [1.29, 1.82) is 0 Å². The van der Waals surface area contributed by atoms with Gasteiger partial charge in [-0.2, -0.15) is 0 Å². The lowest BCUT2D eigenvalue weighted by atomic mass is 9.76. The summed E-state index contributed by atoms with van der Waals surface area (Å²) in [6.07, 6.45) is 6.34. The molecule has 1 nitrogen and oxygen atoms in total. The van der Waals surface area contributed by atoms with E-state index in [4.69, 9.17) is 0 Å². The van der Waals surface area contributed by atoms with Crippen LogP contribution in [0.3, 0.4) is 0 Å². The van der Waals surface area contributed by atoms with E-state index in [0.717, 1.165) is 44.7 Å². The van der Waals surface area contributed by atoms with Gasteiger partial charge in [-0.05, 0) is 56.5 Å². The number of piperidine rings is 1. The summed E-state index contributed by atoms with van der Waals surface area (Å²) in [7, 11) is 0. The molecule has 0 spiro atoms. The van der Waals surface area contributed by atoms with Crippen LogP contribution in [0.25, 0.3) is 0 Å². The van der Waals surface area contributed by atoms with Gasteiger partial charge in [-0.15, -0.1) is 0 Å². The van der Waals surface area contributed by atoms with Gasteiger partial charge in [0.25, 0.3) is 0 Å². The Morgan fingerprint density at radius 3 is 2.07 bits per heavy atom. The third-order valence-corrected chi connectivity index (χ3v) is 4.35. The fourth-order valence-corrected chi connectivity index (χ4v) is 3.15. The summed E-state index contributed by atoms with van der Waals surface area (Å²) < 4.78 is 14.3. The first-order valence-electron chi connectivity index (χ1n) is 6.62. The molecule has 1 atom stereocenters. The first kappa shape index (κ1) is 11.4. The van der Waals surface area contributed by atoms with E-state index in [0.29, 0.717) is 11.8 Å². The van der Waals surface area contributed by atoms with Gasteiger partial charge in [0.1, 0.15) is 6.17 Å². The number of rotatable bonds is 2. The molecule has 0 radical (unpaired) electrons. The zero-order valence-electron chi connectivity index (χ0n) is 9.84. The number of hydrogen-bond acceptors (Lipinski definition) is 1. The standard InChI is InChI=1S/C13H24FN/c1-10-2-4-11(5-3-10)13(14)12-6-8-15-9-7-12/h10-13,15H,2-9H2,1H3. The van der Waals surface area contributed by atoms with Crippen LogP contribution in [0.15, 0.2) is 0 Å². The first-order chi connectivity index (χ1) is 7.27. The van der Waals surface area contributed by atoms with Crippen molar-refractivity contribution in [1.82, 2.24) is 5.32 Å². The summed E-state index contributed by atoms with van der Waals surface area (Å²) in [5.74, 6) is 1.57. The van der Waals surface area contributed by atoms with Crippen LogP contribution < -0.4 is 5.32 Å². The van der Waals surface area contributed by atoms with Crippen LogP contribution in [0.2, 0.25) is 0 Å². The monoisotopic (exact) mass is 213 g/mol. The summed E-state index contributed by atoms with van der Waals surface area (Å²) in [5.41, 5.74) is 0. The van der Waals surface area contributed by atoms with Gasteiger partial charge >= 0.3 is 0 Å². The zero-order valence-corrected chi connectivity index (χ0v) is 9.84. The lowest BCUT2D eigenvalue weighted by Gasteiger charge is -2.34. The molecular weight excluding hydrogens is 189 g/mol. The summed E-state index contributed by atoms with van der Waals surface area (Å²) in [4.78, 5) is 0. The quantitative estimate of drug-likeness (QED) is 0.743. The molecular formula is C13H24FN. The maximum atomic E-state index is 14.3. The molecule has 1 aliphatic carbocycles. The van der Waals surface area contributed by atoms with E-state index in [1.165, 1.54) is 12.8 Å². The highest BCUT2D eigenvalue weighted by atomic mass is 19.1. The average molecular weight is 213 g/mol. The van der Waals surface area contributed by atoms with Crippen molar-refractivity contribution in [2.24, 2.45) is 17.8 Å². The molecule has 1 unspecified atom stereocenters. The van der Waals surface area contributed by atoms with Crippen LogP contribution >= 0.6 is 0 Å². The van der Waals surface area contributed by atoms with Gasteiger partial charge in [-0.1, -0.05) is 19.8 Å². The number of nitrogens with one attached hydrogen (secondary N) is 1. The van der Waals surface area contributed by atoms with Gasteiger partial charge in [-0.3, -0.25) is 0 Å². The van der Waals surface area contributed by atoms with Crippen molar-refractivity contribution in [2.75, 3.05) is 13.1 Å². The number of hydrogen-bond donors (Lipinski definition) is 1. The normalized spacial score (nSPS) is 36.4. The molecule has 0 bridgehead atoms. The fourth-order valence-electron chi connectivity index (χ4n) is 3.15. The second kappa shape index (κ2) is 5.29. The predicted octanol–water partition coefficient (Wildman–Crippen LogP) is 3.15. The summed E-state index contributed by atoms with van der Waals surface area (Å²) in [6.45, 7) is 4.34. The Labute approximate surface area is 92.8 Å². The maximum Gasteiger partial charge on any atom is 0.106 e. The second-order valence-electron chi connectivity index (χ2n) is 5.55. The first-order valence-corrected chi connectivity index (χ1v) is 6.62. The van der Waals surface area contributed by atoms with E-state index in [-0.39, 0.29) is 0 Å². The molecule has 2 rings (SSSR count). The Balaban J connectivity index is 1.81. The van der Waals surface area contributed by atoms with E-state index >= 15 is 0 Å². The molecule has 1 saturated heterocycles. The lowest BCUT2D eigenvalue weighted by molar-refractivity contribution is 0.0897. The van der Waals surface area contributed by atoms with Gasteiger partial charge in [0.15, 0.2) is 0 Å². The smallest absolute Gasteiger partial charge is 0.106 e. The van der Waals surface area contributed by atoms with Crippen molar-refractivity contribution >= 4 is 0 Å². The molecule has 1 aliphatic heterocycles. The summed E-state index contributed by atoms with van der Waals surface area (Å²) in [5, 5.41) is 3.31. The van der Waals surface area contributed by atoms with Crippen LogP contribution in [0.1, 0.15) is 45.4 Å². The summed E-state index contributed by atoms with van der Waals surface area (Å²) >= 11 is 0. The maximum absolute atomic E-state index is 14.3. The van der Waals surface area contributed by atoms with Gasteiger partial charge < -0.3 is 5.32 Å². The van der Waals surface area contributed by atoms with Crippen molar-refractivity contribution in [3.8, 4) is 0 Å². The topological polar surface area (TPSA) is 12.0 Å². The molecule has 0 aromatic carbocycles. The van der Waals surface area contributed by atoms with Crippen LogP contribution in [0, 0.1) is 17.8 Å². The molecule has 88 valence electrons. The fraction of sp³-hybridized carbons (Fsp3) is 1.00. The van der Waals surface area contributed by atoms with Gasteiger partial charge in [-0.25, -0.2) is 4.39 Å². The molecule has 15 heavy (non-hydrogen) atoms. The Bertz CT molecular complexity index is 181. The van der Waals surface area contributed by atoms with Crippen molar-refractivity contribution in [2.45, 2.75) is 51.6 Å². The predicted molar refractivity (Wildman–Crippen MR) is 61.6 cm³/mol. The molecule has 1 heterocycles. The highest BCUT2D eigenvalue weighted by molar-refractivity contribution is 4.83. The van der Waals surface area contributed by atoms with Crippen LogP contribution in [-0.4, -0.2) is 19.3 Å². The average Bonchev–Trinajstić information content (AvgIpc) is 2.30. The largest absolute Gasteiger partial charge is 0.317 e. The molecule has 1 saturated carbocycles. The number of halogens is 1. The Morgan fingerprint density at radius 2 is 1.47 bits per heavy atom. The molecule has 0 aromatic heterocycles. The second-order valence-corrected chi connectivity index (χ2v) is 5.55. The Kier molecular flexibility index (Phi) is 4.01. The van der Waals surface area contributed by atoms with E-state index < -0.39 is 6.17 Å². The van der Waals surface area contributed by atoms with E-state index in [1.54, 1.807) is 0 Å². The van der Waals surface area contributed by atoms with Crippen molar-refractivity contribution in [3.05, 3.63) is 0 Å². The minimum absolute atomic E-state index is 0.352. The Hall–Kier alpha value is -0.110. The van der Waals surface area contributed by atoms with Crippen LogP contribution in [0.4, 0.5) is 4.39 Å². The molecule has 0 amide bonds. The highest BCUT2D eigenvalue weighted by Gasteiger charge is 2.32. The molecule has 2 aliphatic rings. The molecule has 2 heteroatoms. The number of alkyl halides is 1. The van der Waals surface area contributed by atoms with Gasteiger partial charge in [0.05, 0.1) is 0 Å². The van der Waals surface area contributed by atoms with Crippen LogP contribution in [-0.2, 0) is 0 Å². The van der Waals surface area contributed by atoms with E-state index in [9.17, 15) is 4.39 Å². The van der Waals surface area contributed by atoms with Gasteiger partial charge in [0.2, 0.25) is 0 Å². The van der Waals surface area contributed by atoms with E-state index in [1.807, 2.05) is 0 Å². The molecule has 0 aromatic rings. The highest BCUT2D eigenvalue weighted by Crippen LogP contribution is 2.36. The zero-order chi connectivity index (χ0) is 10.7. The SMILES string of the molecule is CC1CCC(C(F)C2CCNCC2)CC1. The third kappa shape index (κ3) is 2.93. The minimum atomic E-state index is -0.514. The minimum Gasteiger partial charge on any atom is -0.317 e. The lowest BCUT2D eigenvalue weighted by Crippen LogP contribution is -2.36. The molecule has 2 fully saturated rings. The van der Waals surface area contributed by atoms with Crippen molar-refractivity contribution in [3.63, 3.8) is 0 Å². The third-order valence-electron chi connectivity index (χ3n) is 4.35.